The molecule has 1 amide bonds. The van der Waals surface area contributed by atoms with Gasteiger partial charge < -0.3 is 15.3 Å². The number of carbonyl (C=O) groups is 2. The molecule has 0 atom stereocenters. The number of carbonyl (C=O) groups excluding carboxylic acids is 1. The number of fused-ring (bicyclic) bond motifs is 1. The standard InChI is InChI=1S/C27H33N5O5S/c1-3-4-11-28-26(33)18-31-12-14-32(15-13-31)25-17-23(27(34)35)22-16-20(7-10-24(22)29-25)30-38(36,37)21-8-5-19(2)6-9-21/h5-10,16-17,30H,3-4,11-15,18H2,1-2H3,(H,28,33)(H,34,35). The number of aryl methyl sites for hydroxylation is 1. The van der Waals surface area contributed by atoms with Gasteiger partial charge in [0.25, 0.3) is 10.0 Å². The van der Waals surface area contributed by atoms with E-state index in [0.717, 1.165) is 18.4 Å². The second-order valence-corrected chi connectivity index (χ2v) is 11.1. The molecule has 0 bridgehead atoms. The van der Waals surface area contributed by atoms with Crippen LogP contribution in [0.1, 0.15) is 35.7 Å². The van der Waals surface area contributed by atoms with Gasteiger partial charge in [0.05, 0.1) is 22.5 Å². The van der Waals surface area contributed by atoms with Gasteiger partial charge in [0.1, 0.15) is 5.82 Å². The number of carboxylic acids is 1. The van der Waals surface area contributed by atoms with Gasteiger partial charge in [-0.3, -0.25) is 14.4 Å². The molecule has 10 nitrogen and oxygen atoms in total. The normalized spacial score (nSPS) is 14.4. The van der Waals surface area contributed by atoms with Crippen LogP contribution >= 0.6 is 0 Å². The van der Waals surface area contributed by atoms with Crippen molar-refractivity contribution in [3.8, 4) is 0 Å². The summed E-state index contributed by atoms with van der Waals surface area (Å²) in [4.78, 5) is 33.1. The molecule has 1 aromatic heterocycles. The van der Waals surface area contributed by atoms with Crippen molar-refractivity contribution in [1.29, 1.82) is 0 Å². The van der Waals surface area contributed by atoms with E-state index in [9.17, 15) is 23.1 Å². The molecule has 0 radical (unpaired) electrons. The number of piperazine rings is 1. The summed E-state index contributed by atoms with van der Waals surface area (Å²) in [6, 6.07) is 12.7. The molecular weight excluding hydrogens is 506 g/mol. The molecule has 202 valence electrons. The second-order valence-electron chi connectivity index (χ2n) is 9.45. The summed E-state index contributed by atoms with van der Waals surface area (Å²) < 4.78 is 28.1. The number of rotatable bonds is 10. The largest absolute Gasteiger partial charge is 0.478 e. The number of benzene rings is 2. The zero-order valence-electron chi connectivity index (χ0n) is 21.6. The Hall–Kier alpha value is -3.70. The molecule has 0 saturated carbocycles. The van der Waals surface area contributed by atoms with Gasteiger partial charge in [-0.15, -0.1) is 0 Å². The first-order valence-corrected chi connectivity index (χ1v) is 14.2. The SMILES string of the molecule is CCCCNC(=O)CN1CCN(c2cc(C(=O)O)c3cc(NS(=O)(=O)c4ccc(C)cc4)ccc3n2)CC1. The molecule has 1 aliphatic rings. The zero-order chi connectivity index (χ0) is 27.3. The first-order chi connectivity index (χ1) is 18.2. The van der Waals surface area contributed by atoms with E-state index in [1.54, 1.807) is 24.3 Å². The van der Waals surface area contributed by atoms with Crippen LogP contribution in [0, 0.1) is 6.92 Å². The maximum Gasteiger partial charge on any atom is 0.336 e. The summed E-state index contributed by atoms with van der Waals surface area (Å²) in [5.74, 6) is -0.577. The Balaban J connectivity index is 1.50. The van der Waals surface area contributed by atoms with Crippen LogP contribution in [0.4, 0.5) is 11.5 Å². The number of hydrogen-bond acceptors (Lipinski definition) is 7. The first-order valence-electron chi connectivity index (χ1n) is 12.7. The zero-order valence-corrected chi connectivity index (χ0v) is 22.4. The molecule has 38 heavy (non-hydrogen) atoms. The lowest BCUT2D eigenvalue weighted by Crippen LogP contribution is -2.49. The third kappa shape index (κ3) is 6.59. The van der Waals surface area contributed by atoms with Gasteiger partial charge in [-0.2, -0.15) is 0 Å². The summed E-state index contributed by atoms with van der Waals surface area (Å²) in [7, 11) is -3.84. The number of pyridine rings is 1. The fourth-order valence-electron chi connectivity index (χ4n) is 4.34. The third-order valence-corrected chi connectivity index (χ3v) is 7.92. The highest BCUT2D eigenvalue weighted by atomic mass is 32.2. The van der Waals surface area contributed by atoms with Crippen molar-refractivity contribution in [1.82, 2.24) is 15.2 Å². The first kappa shape index (κ1) is 27.3. The van der Waals surface area contributed by atoms with Crippen LogP contribution in [0.25, 0.3) is 10.9 Å². The van der Waals surface area contributed by atoms with Gasteiger partial charge in [-0.25, -0.2) is 18.2 Å². The Morgan fingerprint density at radius 2 is 1.74 bits per heavy atom. The smallest absolute Gasteiger partial charge is 0.336 e. The summed E-state index contributed by atoms with van der Waals surface area (Å²) >= 11 is 0. The maximum atomic E-state index is 12.8. The Morgan fingerprint density at radius 1 is 1.03 bits per heavy atom. The maximum absolute atomic E-state index is 12.8. The Morgan fingerprint density at radius 3 is 2.39 bits per heavy atom. The van der Waals surface area contributed by atoms with Crippen LogP contribution in [-0.2, 0) is 14.8 Å². The molecule has 3 N–H and O–H groups in total. The van der Waals surface area contributed by atoms with Crippen LogP contribution in [0.3, 0.4) is 0 Å². The van der Waals surface area contributed by atoms with Crippen LogP contribution in [0.5, 0.6) is 0 Å². The Labute approximate surface area is 222 Å². The average Bonchev–Trinajstić information content (AvgIpc) is 2.88. The lowest BCUT2D eigenvalue weighted by molar-refractivity contribution is -0.122. The number of unbranched alkanes of at least 4 members (excludes halogenated alkanes) is 1. The number of hydrogen-bond donors (Lipinski definition) is 3. The summed E-state index contributed by atoms with van der Waals surface area (Å²) in [6.07, 6.45) is 1.99. The number of nitrogens with one attached hydrogen (secondary N) is 2. The average molecular weight is 540 g/mol. The molecule has 1 saturated heterocycles. The monoisotopic (exact) mass is 539 g/mol. The number of aromatic carboxylic acids is 1. The van der Waals surface area contributed by atoms with E-state index < -0.39 is 16.0 Å². The Kier molecular flexibility index (Phi) is 8.48. The fourth-order valence-corrected chi connectivity index (χ4v) is 5.39. The van der Waals surface area contributed by atoms with E-state index in [1.165, 1.54) is 24.3 Å². The van der Waals surface area contributed by atoms with Gasteiger partial charge in [-0.1, -0.05) is 31.0 Å². The van der Waals surface area contributed by atoms with E-state index in [4.69, 9.17) is 0 Å². The van der Waals surface area contributed by atoms with Crippen molar-refractivity contribution >= 4 is 44.3 Å². The number of anilines is 2. The summed E-state index contributed by atoms with van der Waals surface area (Å²) in [5, 5.41) is 13.2. The molecule has 0 unspecified atom stereocenters. The molecule has 0 aliphatic carbocycles. The number of aromatic nitrogens is 1. The number of nitrogens with zero attached hydrogens (tertiary/aromatic N) is 3. The molecule has 3 aromatic rings. The van der Waals surface area contributed by atoms with Gasteiger partial charge >= 0.3 is 5.97 Å². The lowest BCUT2D eigenvalue weighted by atomic mass is 10.1. The molecule has 4 rings (SSSR count). The van der Waals surface area contributed by atoms with E-state index >= 15 is 0 Å². The predicted octanol–water partition coefficient (Wildman–Crippen LogP) is 3.08. The molecule has 1 fully saturated rings. The molecular formula is C27H33N5O5S. The summed E-state index contributed by atoms with van der Waals surface area (Å²) in [5.41, 5.74) is 1.69. The van der Waals surface area contributed by atoms with Gasteiger partial charge in [0, 0.05) is 43.8 Å². The minimum absolute atomic E-state index is 0.0118. The molecule has 0 spiro atoms. The van der Waals surface area contributed by atoms with Crippen molar-refractivity contribution in [3.63, 3.8) is 0 Å². The number of amides is 1. The highest BCUT2D eigenvalue weighted by Crippen LogP contribution is 2.28. The molecule has 11 heteroatoms. The van der Waals surface area contributed by atoms with Crippen molar-refractivity contribution in [2.24, 2.45) is 0 Å². The Bertz CT molecular complexity index is 1420. The fraction of sp³-hybridized carbons (Fsp3) is 0.370. The quantitative estimate of drug-likeness (QED) is 0.335. The van der Waals surface area contributed by atoms with Crippen LogP contribution in [0.2, 0.25) is 0 Å². The molecule has 1 aliphatic heterocycles. The number of carboxylic acid groups (broad SMARTS) is 1. The second kappa shape index (κ2) is 11.8. The van der Waals surface area contributed by atoms with Gasteiger partial charge in [-0.05, 0) is 49.7 Å². The third-order valence-electron chi connectivity index (χ3n) is 6.53. The van der Waals surface area contributed by atoms with E-state index in [1.807, 2.05) is 11.8 Å². The predicted molar refractivity (Wildman–Crippen MR) is 147 cm³/mol. The minimum atomic E-state index is -3.84. The van der Waals surface area contributed by atoms with Crippen molar-refractivity contribution in [2.75, 3.05) is 48.9 Å². The van der Waals surface area contributed by atoms with Crippen LogP contribution in [-0.4, -0.2) is 74.6 Å². The molecule has 2 aromatic carbocycles. The van der Waals surface area contributed by atoms with Crippen LogP contribution < -0.4 is 14.9 Å². The van der Waals surface area contributed by atoms with Crippen LogP contribution in [0.15, 0.2) is 53.4 Å². The number of sulfonamides is 1. The van der Waals surface area contributed by atoms with Crippen molar-refractivity contribution in [3.05, 3.63) is 59.7 Å². The van der Waals surface area contributed by atoms with E-state index in [-0.39, 0.29) is 22.1 Å². The van der Waals surface area contributed by atoms with E-state index in [0.29, 0.717) is 56.0 Å². The van der Waals surface area contributed by atoms with Gasteiger partial charge in [0.15, 0.2) is 0 Å². The van der Waals surface area contributed by atoms with Crippen molar-refractivity contribution in [2.45, 2.75) is 31.6 Å². The lowest BCUT2D eigenvalue weighted by Gasteiger charge is -2.35. The summed E-state index contributed by atoms with van der Waals surface area (Å²) in [6.45, 7) is 7.49. The topological polar surface area (TPSA) is 132 Å². The minimum Gasteiger partial charge on any atom is -0.478 e. The molecule has 2 heterocycles. The van der Waals surface area contributed by atoms with Crippen molar-refractivity contribution < 1.29 is 23.1 Å². The van der Waals surface area contributed by atoms with E-state index in [2.05, 4.69) is 26.8 Å². The highest BCUT2D eigenvalue weighted by molar-refractivity contribution is 7.92. The highest BCUT2D eigenvalue weighted by Gasteiger charge is 2.23. The van der Waals surface area contributed by atoms with Gasteiger partial charge in [0.2, 0.25) is 5.91 Å².